The van der Waals surface area contributed by atoms with Crippen LogP contribution < -0.4 is 0 Å². The molecular weight excluding hydrogens is 248 g/mol. The van der Waals surface area contributed by atoms with E-state index in [9.17, 15) is 4.79 Å². The number of hydrogen-bond acceptors (Lipinski definition) is 3. The van der Waals surface area contributed by atoms with E-state index in [0.717, 1.165) is 22.0 Å². The van der Waals surface area contributed by atoms with E-state index >= 15 is 0 Å². The second kappa shape index (κ2) is 5.73. The van der Waals surface area contributed by atoms with Crippen molar-refractivity contribution >= 4 is 17.7 Å². The smallest absolute Gasteiger partial charge is 0.307 e. The fourth-order valence-electron chi connectivity index (χ4n) is 1.56. The standard InChI is InChI=1S/C13H14N2O2S/c1-15-7-6-14-12(15)9-18-11-4-2-10(3-5-11)8-13(16)17/h2-7H,8-9H2,1H3,(H,16,17). The van der Waals surface area contributed by atoms with Gasteiger partial charge in [-0.25, -0.2) is 4.98 Å². The molecule has 5 heteroatoms. The molecular formula is C13H14N2O2S. The molecule has 0 saturated carbocycles. The molecule has 0 atom stereocenters. The van der Waals surface area contributed by atoms with Crippen LogP contribution in [0.4, 0.5) is 0 Å². The molecule has 0 fully saturated rings. The van der Waals surface area contributed by atoms with Gasteiger partial charge in [0.2, 0.25) is 0 Å². The van der Waals surface area contributed by atoms with E-state index in [-0.39, 0.29) is 6.42 Å². The van der Waals surface area contributed by atoms with Crippen LogP contribution in [0.2, 0.25) is 0 Å². The van der Waals surface area contributed by atoms with Gasteiger partial charge in [-0.3, -0.25) is 4.79 Å². The lowest BCUT2D eigenvalue weighted by Gasteiger charge is -2.03. The molecule has 94 valence electrons. The van der Waals surface area contributed by atoms with Gasteiger partial charge in [-0.15, -0.1) is 11.8 Å². The van der Waals surface area contributed by atoms with Crippen LogP contribution in [-0.2, 0) is 24.0 Å². The number of carboxylic acids is 1. The summed E-state index contributed by atoms with van der Waals surface area (Å²) in [6, 6.07) is 7.61. The second-order valence-corrected chi connectivity index (χ2v) is 5.01. The van der Waals surface area contributed by atoms with Crippen molar-refractivity contribution in [2.45, 2.75) is 17.1 Å². The van der Waals surface area contributed by atoms with Crippen LogP contribution in [0, 0.1) is 0 Å². The van der Waals surface area contributed by atoms with Crippen LogP contribution in [0.3, 0.4) is 0 Å². The molecule has 2 rings (SSSR count). The first-order valence-corrected chi connectivity index (χ1v) is 6.53. The van der Waals surface area contributed by atoms with Gasteiger partial charge in [0, 0.05) is 24.3 Å². The Morgan fingerprint density at radius 1 is 1.39 bits per heavy atom. The molecule has 1 N–H and O–H groups in total. The number of nitrogens with zero attached hydrogens (tertiary/aromatic N) is 2. The summed E-state index contributed by atoms with van der Waals surface area (Å²) >= 11 is 1.69. The Balaban J connectivity index is 1.94. The highest BCUT2D eigenvalue weighted by atomic mass is 32.2. The fourth-order valence-corrected chi connectivity index (χ4v) is 2.46. The van der Waals surface area contributed by atoms with Gasteiger partial charge in [0.25, 0.3) is 0 Å². The molecule has 0 amide bonds. The van der Waals surface area contributed by atoms with E-state index in [1.165, 1.54) is 0 Å². The number of aromatic nitrogens is 2. The summed E-state index contributed by atoms with van der Waals surface area (Å²) in [7, 11) is 1.97. The molecule has 1 heterocycles. The number of hydrogen-bond donors (Lipinski definition) is 1. The molecule has 0 spiro atoms. The highest BCUT2D eigenvalue weighted by Gasteiger charge is 2.03. The van der Waals surface area contributed by atoms with Crippen LogP contribution in [0.25, 0.3) is 0 Å². The van der Waals surface area contributed by atoms with Crippen LogP contribution in [-0.4, -0.2) is 20.6 Å². The zero-order chi connectivity index (χ0) is 13.0. The molecule has 1 aromatic carbocycles. The van der Waals surface area contributed by atoms with Crippen molar-refractivity contribution < 1.29 is 9.90 Å². The first-order chi connectivity index (χ1) is 8.65. The lowest BCUT2D eigenvalue weighted by atomic mass is 10.2. The molecule has 1 aromatic heterocycles. The van der Waals surface area contributed by atoms with Crippen molar-refractivity contribution in [3.05, 3.63) is 48.0 Å². The van der Waals surface area contributed by atoms with Crippen molar-refractivity contribution in [2.75, 3.05) is 0 Å². The molecule has 0 radical (unpaired) electrons. The monoisotopic (exact) mass is 262 g/mol. The largest absolute Gasteiger partial charge is 0.481 e. The van der Waals surface area contributed by atoms with Crippen molar-refractivity contribution in [1.29, 1.82) is 0 Å². The average molecular weight is 262 g/mol. The quantitative estimate of drug-likeness (QED) is 0.840. The van der Waals surface area contributed by atoms with Crippen molar-refractivity contribution in [1.82, 2.24) is 9.55 Å². The Kier molecular flexibility index (Phi) is 4.04. The normalized spacial score (nSPS) is 10.5. The van der Waals surface area contributed by atoms with E-state index in [4.69, 9.17) is 5.11 Å². The van der Waals surface area contributed by atoms with Gasteiger partial charge in [-0.2, -0.15) is 0 Å². The molecule has 0 aliphatic carbocycles. The Bertz CT molecular complexity index is 534. The lowest BCUT2D eigenvalue weighted by molar-refractivity contribution is -0.136. The molecule has 0 bridgehead atoms. The molecule has 18 heavy (non-hydrogen) atoms. The minimum atomic E-state index is -0.802. The number of carboxylic acid groups (broad SMARTS) is 1. The average Bonchev–Trinajstić information content (AvgIpc) is 2.73. The number of aliphatic carboxylic acids is 1. The van der Waals surface area contributed by atoms with E-state index < -0.39 is 5.97 Å². The van der Waals surface area contributed by atoms with Crippen LogP contribution in [0.5, 0.6) is 0 Å². The summed E-state index contributed by atoms with van der Waals surface area (Å²) in [5, 5.41) is 8.68. The SMILES string of the molecule is Cn1ccnc1CSc1ccc(CC(=O)O)cc1. The summed E-state index contributed by atoms with van der Waals surface area (Å²) in [5.74, 6) is 1.03. The number of thioether (sulfide) groups is 1. The van der Waals surface area contributed by atoms with Crippen molar-refractivity contribution in [2.24, 2.45) is 7.05 Å². The Morgan fingerprint density at radius 3 is 2.67 bits per heavy atom. The van der Waals surface area contributed by atoms with Gasteiger partial charge in [0.05, 0.1) is 12.2 Å². The third kappa shape index (κ3) is 3.37. The van der Waals surface area contributed by atoms with E-state index in [2.05, 4.69) is 4.98 Å². The Hall–Kier alpha value is -1.75. The molecule has 0 aliphatic heterocycles. The zero-order valence-electron chi connectivity index (χ0n) is 10.0. The predicted molar refractivity (Wildman–Crippen MR) is 70.6 cm³/mol. The fraction of sp³-hybridized carbons (Fsp3) is 0.231. The molecule has 0 aliphatic rings. The third-order valence-electron chi connectivity index (χ3n) is 2.57. The maximum absolute atomic E-state index is 10.6. The van der Waals surface area contributed by atoms with E-state index in [1.54, 1.807) is 18.0 Å². The summed E-state index contributed by atoms with van der Waals surface area (Å²) in [6.45, 7) is 0. The number of rotatable bonds is 5. The summed E-state index contributed by atoms with van der Waals surface area (Å²) in [5.41, 5.74) is 0.823. The lowest BCUT2D eigenvalue weighted by Crippen LogP contribution is -1.99. The van der Waals surface area contributed by atoms with Gasteiger partial charge >= 0.3 is 5.97 Å². The minimum Gasteiger partial charge on any atom is -0.481 e. The minimum absolute atomic E-state index is 0.0737. The molecule has 2 aromatic rings. The van der Waals surface area contributed by atoms with Gasteiger partial charge in [0.1, 0.15) is 5.82 Å². The van der Waals surface area contributed by atoms with Gasteiger partial charge in [-0.05, 0) is 17.7 Å². The first kappa shape index (κ1) is 12.7. The van der Waals surface area contributed by atoms with Gasteiger partial charge in [0.15, 0.2) is 0 Å². The number of benzene rings is 1. The van der Waals surface area contributed by atoms with Crippen molar-refractivity contribution in [3.63, 3.8) is 0 Å². The summed E-state index contributed by atoms with van der Waals surface area (Å²) < 4.78 is 1.99. The number of aryl methyl sites for hydroxylation is 1. The summed E-state index contributed by atoms with van der Waals surface area (Å²) in [6.07, 6.45) is 3.78. The van der Waals surface area contributed by atoms with Gasteiger partial charge < -0.3 is 9.67 Å². The van der Waals surface area contributed by atoms with E-state index in [0.29, 0.717) is 0 Å². The second-order valence-electron chi connectivity index (χ2n) is 3.96. The van der Waals surface area contributed by atoms with Crippen LogP contribution in [0.15, 0.2) is 41.6 Å². The third-order valence-corrected chi connectivity index (χ3v) is 3.58. The maximum atomic E-state index is 10.6. The zero-order valence-corrected chi connectivity index (χ0v) is 10.9. The predicted octanol–water partition coefficient (Wildman–Crippen LogP) is 2.34. The highest BCUT2D eigenvalue weighted by molar-refractivity contribution is 7.98. The van der Waals surface area contributed by atoms with Gasteiger partial charge in [-0.1, -0.05) is 12.1 Å². The Morgan fingerprint density at radius 2 is 2.11 bits per heavy atom. The maximum Gasteiger partial charge on any atom is 0.307 e. The van der Waals surface area contributed by atoms with Crippen LogP contribution >= 0.6 is 11.8 Å². The molecule has 0 saturated heterocycles. The van der Waals surface area contributed by atoms with Crippen LogP contribution in [0.1, 0.15) is 11.4 Å². The first-order valence-electron chi connectivity index (χ1n) is 5.55. The topological polar surface area (TPSA) is 55.1 Å². The Labute approximate surface area is 110 Å². The number of carbonyl (C=O) groups is 1. The highest BCUT2D eigenvalue weighted by Crippen LogP contribution is 2.22. The molecule has 4 nitrogen and oxygen atoms in total. The number of imidazole rings is 1. The van der Waals surface area contributed by atoms with Crippen molar-refractivity contribution in [3.8, 4) is 0 Å². The van der Waals surface area contributed by atoms with E-state index in [1.807, 2.05) is 42.1 Å². The molecule has 0 unspecified atom stereocenters. The summed E-state index contributed by atoms with van der Waals surface area (Å²) in [4.78, 5) is 15.9.